The van der Waals surface area contributed by atoms with Crippen molar-refractivity contribution in [3.05, 3.63) is 76.0 Å². The van der Waals surface area contributed by atoms with Gasteiger partial charge in [0.05, 0.1) is 11.9 Å². The van der Waals surface area contributed by atoms with E-state index < -0.39 is 5.97 Å². The van der Waals surface area contributed by atoms with Gasteiger partial charge in [-0.15, -0.1) is 0 Å². The van der Waals surface area contributed by atoms with Crippen molar-refractivity contribution >= 4 is 39.1 Å². The molecule has 128 valence electrons. The van der Waals surface area contributed by atoms with E-state index in [0.29, 0.717) is 10.7 Å². The molecule has 26 heavy (non-hydrogen) atoms. The third-order valence-corrected chi connectivity index (χ3v) is 4.98. The summed E-state index contributed by atoms with van der Waals surface area (Å²) in [6.07, 6.45) is 2.99. The highest BCUT2D eigenvalue weighted by molar-refractivity contribution is 9.10. The maximum Gasteiger partial charge on any atom is 0.341 e. The van der Waals surface area contributed by atoms with Crippen molar-refractivity contribution in [3.63, 3.8) is 0 Å². The van der Waals surface area contributed by atoms with Gasteiger partial charge in [-0.3, -0.25) is 0 Å². The van der Waals surface area contributed by atoms with Gasteiger partial charge in [-0.25, -0.2) is 14.3 Å². The van der Waals surface area contributed by atoms with E-state index in [-0.39, 0.29) is 5.56 Å². The average Bonchev–Trinajstić information content (AvgIpc) is 3.07. The quantitative estimate of drug-likeness (QED) is 0.488. The van der Waals surface area contributed by atoms with Crippen LogP contribution in [0.1, 0.15) is 10.4 Å². The first kappa shape index (κ1) is 16.8. The molecular weight excluding hydrogens is 418 g/mol. The standard InChI is InChI=1S/C19H11BrClN3O2/c20-16-4-2-1-3-13(16)14-9-22-18-15(19(25)26)10-23-24(18)17(14)11-5-7-12(21)8-6-11/h1-10H,(H,25,26). The lowest BCUT2D eigenvalue weighted by Crippen LogP contribution is -2.02. The second kappa shape index (κ2) is 6.55. The second-order valence-electron chi connectivity index (χ2n) is 5.61. The van der Waals surface area contributed by atoms with Gasteiger partial charge in [-0.05, 0) is 23.8 Å². The summed E-state index contributed by atoms with van der Waals surface area (Å²) < 4.78 is 2.46. The molecule has 0 aliphatic heterocycles. The van der Waals surface area contributed by atoms with Crippen LogP contribution in [0, 0.1) is 0 Å². The van der Waals surface area contributed by atoms with E-state index in [9.17, 15) is 9.90 Å². The molecule has 2 aromatic carbocycles. The minimum Gasteiger partial charge on any atom is -0.477 e. The largest absolute Gasteiger partial charge is 0.477 e. The number of halogens is 2. The van der Waals surface area contributed by atoms with Gasteiger partial charge in [0, 0.05) is 26.8 Å². The number of hydrogen-bond donors (Lipinski definition) is 1. The van der Waals surface area contributed by atoms with E-state index in [2.05, 4.69) is 26.0 Å². The molecule has 0 radical (unpaired) electrons. The van der Waals surface area contributed by atoms with Gasteiger partial charge in [-0.2, -0.15) is 5.10 Å². The van der Waals surface area contributed by atoms with Crippen LogP contribution in [-0.2, 0) is 0 Å². The summed E-state index contributed by atoms with van der Waals surface area (Å²) >= 11 is 9.60. The monoisotopic (exact) mass is 427 g/mol. The normalized spacial score (nSPS) is 11.0. The molecule has 0 spiro atoms. The molecule has 0 atom stereocenters. The zero-order valence-corrected chi connectivity index (χ0v) is 15.6. The zero-order valence-electron chi connectivity index (χ0n) is 13.2. The highest BCUT2D eigenvalue weighted by Gasteiger charge is 2.20. The number of carbonyl (C=O) groups is 1. The smallest absolute Gasteiger partial charge is 0.341 e. The Bertz CT molecular complexity index is 1140. The van der Waals surface area contributed by atoms with Crippen molar-refractivity contribution in [3.8, 4) is 22.4 Å². The van der Waals surface area contributed by atoms with Crippen LogP contribution in [0.25, 0.3) is 28.0 Å². The number of carboxylic acid groups (broad SMARTS) is 1. The summed E-state index contributed by atoms with van der Waals surface area (Å²) in [6.45, 7) is 0. The van der Waals surface area contributed by atoms with E-state index in [0.717, 1.165) is 26.9 Å². The molecule has 2 aromatic heterocycles. The molecule has 0 unspecified atom stereocenters. The first-order chi connectivity index (χ1) is 12.6. The van der Waals surface area contributed by atoms with Crippen molar-refractivity contribution in [1.82, 2.24) is 14.6 Å². The molecule has 0 amide bonds. The Morgan fingerprint density at radius 2 is 1.77 bits per heavy atom. The number of benzene rings is 2. The molecule has 2 heterocycles. The van der Waals surface area contributed by atoms with Crippen LogP contribution >= 0.6 is 27.5 Å². The Kier molecular flexibility index (Phi) is 4.22. The molecule has 4 rings (SSSR count). The summed E-state index contributed by atoms with van der Waals surface area (Å²) in [5.74, 6) is -1.07. The van der Waals surface area contributed by atoms with Gasteiger partial charge in [-0.1, -0.05) is 57.9 Å². The SMILES string of the molecule is O=C(O)c1cnn2c(-c3ccc(Cl)cc3)c(-c3ccccc3Br)cnc12. The predicted molar refractivity (Wildman–Crippen MR) is 104 cm³/mol. The third-order valence-electron chi connectivity index (χ3n) is 4.04. The molecule has 0 saturated heterocycles. The van der Waals surface area contributed by atoms with Crippen LogP contribution in [0.5, 0.6) is 0 Å². The minimum absolute atomic E-state index is 0.0545. The average molecular weight is 429 g/mol. The van der Waals surface area contributed by atoms with Crippen molar-refractivity contribution in [2.24, 2.45) is 0 Å². The van der Waals surface area contributed by atoms with E-state index in [4.69, 9.17) is 11.6 Å². The summed E-state index contributed by atoms with van der Waals surface area (Å²) in [5.41, 5.74) is 3.70. The lowest BCUT2D eigenvalue weighted by atomic mass is 10.0. The van der Waals surface area contributed by atoms with Gasteiger partial charge in [0.2, 0.25) is 0 Å². The van der Waals surface area contributed by atoms with Crippen LogP contribution in [-0.4, -0.2) is 25.7 Å². The first-order valence-corrected chi connectivity index (χ1v) is 8.84. The summed E-state index contributed by atoms with van der Waals surface area (Å²) in [6, 6.07) is 15.1. The molecule has 0 saturated carbocycles. The minimum atomic E-state index is -1.07. The molecule has 4 aromatic rings. The second-order valence-corrected chi connectivity index (χ2v) is 6.90. The fourth-order valence-corrected chi connectivity index (χ4v) is 3.47. The van der Waals surface area contributed by atoms with E-state index in [1.165, 1.54) is 6.20 Å². The Morgan fingerprint density at radius 3 is 2.46 bits per heavy atom. The van der Waals surface area contributed by atoms with Crippen LogP contribution in [0.3, 0.4) is 0 Å². The number of aromatic carboxylic acids is 1. The summed E-state index contributed by atoms with van der Waals surface area (Å²) in [7, 11) is 0. The van der Waals surface area contributed by atoms with Gasteiger partial charge >= 0.3 is 5.97 Å². The summed E-state index contributed by atoms with van der Waals surface area (Å²) in [5, 5.41) is 14.3. The van der Waals surface area contributed by atoms with Crippen LogP contribution in [0.2, 0.25) is 5.02 Å². The Hall–Kier alpha value is -2.70. The lowest BCUT2D eigenvalue weighted by molar-refractivity contribution is 0.0699. The van der Waals surface area contributed by atoms with Crippen LogP contribution in [0.4, 0.5) is 0 Å². The van der Waals surface area contributed by atoms with E-state index >= 15 is 0 Å². The van der Waals surface area contributed by atoms with Crippen molar-refractivity contribution in [2.75, 3.05) is 0 Å². The van der Waals surface area contributed by atoms with Crippen LogP contribution < -0.4 is 0 Å². The number of nitrogens with zero attached hydrogens (tertiary/aromatic N) is 3. The van der Waals surface area contributed by atoms with Gasteiger partial charge in [0.1, 0.15) is 5.56 Å². The number of fused-ring (bicyclic) bond motifs is 1. The Balaban J connectivity index is 2.09. The highest BCUT2D eigenvalue weighted by atomic mass is 79.9. The van der Waals surface area contributed by atoms with Gasteiger partial charge < -0.3 is 5.11 Å². The molecule has 5 nitrogen and oxygen atoms in total. The zero-order chi connectivity index (χ0) is 18.3. The maximum atomic E-state index is 11.5. The molecule has 0 aliphatic rings. The van der Waals surface area contributed by atoms with Crippen molar-refractivity contribution < 1.29 is 9.90 Å². The van der Waals surface area contributed by atoms with Crippen LogP contribution in [0.15, 0.2) is 65.4 Å². The molecular formula is C19H11BrClN3O2. The molecule has 0 fully saturated rings. The molecule has 0 aliphatic carbocycles. The summed E-state index contributed by atoms with van der Waals surface area (Å²) in [4.78, 5) is 15.8. The predicted octanol–water partition coefficient (Wildman–Crippen LogP) is 5.18. The fourth-order valence-electron chi connectivity index (χ4n) is 2.84. The van der Waals surface area contributed by atoms with Crippen molar-refractivity contribution in [2.45, 2.75) is 0 Å². The lowest BCUT2D eigenvalue weighted by Gasteiger charge is -2.13. The van der Waals surface area contributed by atoms with Gasteiger partial charge in [0.25, 0.3) is 0 Å². The number of rotatable bonds is 3. The first-order valence-electron chi connectivity index (χ1n) is 7.67. The number of carboxylic acids is 1. The maximum absolute atomic E-state index is 11.5. The Labute approximate surface area is 162 Å². The third kappa shape index (κ3) is 2.77. The molecule has 7 heteroatoms. The fraction of sp³-hybridized carbons (Fsp3) is 0. The Morgan fingerprint density at radius 1 is 1.04 bits per heavy atom. The van der Waals surface area contributed by atoms with Gasteiger partial charge in [0.15, 0.2) is 5.65 Å². The topological polar surface area (TPSA) is 67.5 Å². The molecule has 0 bridgehead atoms. The van der Waals surface area contributed by atoms with E-state index in [1.54, 1.807) is 22.8 Å². The number of aromatic nitrogens is 3. The number of hydrogen-bond acceptors (Lipinski definition) is 3. The van der Waals surface area contributed by atoms with E-state index in [1.807, 2.05) is 36.4 Å². The highest BCUT2D eigenvalue weighted by Crippen LogP contribution is 2.36. The van der Waals surface area contributed by atoms with Crippen molar-refractivity contribution in [1.29, 1.82) is 0 Å². The molecule has 1 N–H and O–H groups in total.